The summed E-state index contributed by atoms with van der Waals surface area (Å²) >= 11 is 0. The fraction of sp³-hybridized carbons (Fsp3) is 0.455. The molecule has 2 aromatic carbocycles. The lowest BCUT2D eigenvalue weighted by atomic mass is 10.00. The van der Waals surface area contributed by atoms with E-state index in [0.717, 1.165) is 36.9 Å². The molecule has 0 aromatic heterocycles. The molecule has 0 aliphatic heterocycles. The van der Waals surface area contributed by atoms with Gasteiger partial charge in [0.1, 0.15) is 11.5 Å². The lowest BCUT2D eigenvalue weighted by Crippen LogP contribution is -2.38. The second-order valence-corrected chi connectivity index (χ2v) is 6.89. The summed E-state index contributed by atoms with van der Waals surface area (Å²) in [5.74, 6) is 2.52. The van der Waals surface area contributed by atoms with E-state index >= 15 is 0 Å². The maximum absolute atomic E-state index is 5.90. The summed E-state index contributed by atoms with van der Waals surface area (Å²) in [6.45, 7) is 3.03. The minimum atomic E-state index is 0.372. The molecule has 1 N–H and O–H groups in total. The van der Waals surface area contributed by atoms with Gasteiger partial charge in [-0.05, 0) is 55.0 Å². The van der Waals surface area contributed by atoms with Crippen LogP contribution < -0.4 is 10.1 Å². The van der Waals surface area contributed by atoms with Crippen molar-refractivity contribution in [3.05, 3.63) is 60.2 Å². The summed E-state index contributed by atoms with van der Waals surface area (Å²) < 4.78 is 11.3. The summed E-state index contributed by atoms with van der Waals surface area (Å²) in [5, 5.41) is 3.84. The van der Waals surface area contributed by atoms with E-state index in [1.165, 1.54) is 18.4 Å². The molecule has 3 heteroatoms. The van der Waals surface area contributed by atoms with Crippen molar-refractivity contribution in [3.8, 4) is 11.5 Å². The molecule has 2 atom stereocenters. The Labute approximate surface area is 151 Å². The van der Waals surface area contributed by atoms with Crippen molar-refractivity contribution in [1.82, 2.24) is 5.32 Å². The van der Waals surface area contributed by atoms with Gasteiger partial charge in [0.05, 0.1) is 6.61 Å². The first-order valence-electron chi connectivity index (χ1n) is 9.38. The average Bonchev–Trinajstić information content (AvgIpc) is 3.47. The largest absolute Gasteiger partial charge is 0.457 e. The maximum atomic E-state index is 5.90. The third-order valence-corrected chi connectivity index (χ3v) is 4.79. The van der Waals surface area contributed by atoms with Crippen LogP contribution in [0, 0.1) is 5.92 Å². The summed E-state index contributed by atoms with van der Waals surface area (Å²) in [4.78, 5) is 0. The van der Waals surface area contributed by atoms with Crippen LogP contribution in [0.3, 0.4) is 0 Å². The molecule has 0 saturated heterocycles. The van der Waals surface area contributed by atoms with E-state index in [1.54, 1.807) is 7.11 Å². The summed E-state index contributed by atoms with van der Waals surface area (Å²) in [6, 6.07) is 19.2. The van der Waals surface area contributed by atoms with Gasteiger partial charge in [-0.2, -0.15) is 0 Å². The van der Waals surface area contributed by atoms with Crippen LogP contribution in [0.2, 0.25) is 0 Å². The van der Waals surface area contributed by atoms with Crippen molar-refractivity contribution >= 4 is 0 Å². The lowest BCUT2D eigenvalue weighted by molar-refractivity contribution is 0.150. The third kappa shape index (κ3) is 5.32. The molecule has 1 saturated carbocycles. The lowest BCUT2D eigenvalue weighted by Gasteiger charge is -2.26. The Kier molecular flexibility index (Phi) is 6.48. The van der Waals surface area contributed by atoms with Gasteiger partial charge in [-0.1, -0.05) is 43.7 Å². The minimum absolute atomic E-state index is 0.372. The van der Waals surface area contributed by atoms with Gasteiger partial charge < -0.3 is 14.8 Å². The van der Waals surface area contributed by atoms with E-state index in [4.69, 9.17) is 9.47 Å². The standard InChI is InChI=1S/C22H29NO2/c1-3-7-21(23-22(16-24-2)18-10-11-18)17-12-14-20(15-13-17)25-19-8-5-4-6-9-19/h4-6,8-9,12-15,18,21-23H,3,7,10-11,16H2,1-2H3. The highest BCUT2D eigenvalue weighted by Crippen LogP contribution is 2.35. The molecule has 1 aliphatic carbocycles. The van der Waals surface area contributed by atoms with Crippen molar-refractivity contribution < 1.29 is 9.47 Å². The fourth-order valence-electron chi connectivity index (χ4n) is 3.28. The van der Waals surface area contributed by atoms with Crippen LogP contribution in [0.4, 0.5) is 0 Å². The summed E-state index contributed by atoms with van der Waals surface area (Å²) in [7, 11) is 1.79. The number of rotatable bonds is 10. The molecule has 1 aliphatic rings. The zero-order valence-electron chi connectivity index (χ0n) is 15.3. The van der Waals surface area contributed by atoms with Crippen molar-refractivity contribution in [2.45, 2.75) is 44.7 Å². The average molecular weight is 339 g/mol. The zero-order valence-corrected chi connectivity index (χ0v) is 15.3. The van der Waals surface area contributed by atoms with Gasteiger partial charge in [0.25, 0.3) is 0 Å². The predicted octanol–water partition coefficient (Wildman–Crippen LogP) is 5.33. The van der Waals surface area contributed by atoms with Crippen molar-refractivity contribution in [3.63, 3.8) is 0 Å². The fourth-order valence-corrected chi connectivity index (χ4v) is 3.28. The van der Waals surface area contributed by atoms with Gasteiger partial charge in [0.15, 0.2) is 0 Å². The summed E-state index contributed by atoms with van der Waals surface area (Å²) in [5.41, 5.74) is 1.32. The van der Waals surface area contributed by atoms with Crippen LogP contribution in [0.25, 0.3) is 0 Å². The first kappa shape index (κ1) is 18.0. The van der Waals surface area contributed by atoms with Crippen LogP contribution in [0.5, 0.6) is 11.5 Å². The molecule has 2 unspecified atom stereocenters. The maximum Gasteiger partial charge on any atom is 0.127 e. The monoisotopic (exact) mass is 339 g/mol. The zero-order chi connectivity index (χ0) is 17.5. The van der Waals surface area contributed by atoms with Gasteiger partial charge in [-0.15, -0.1) is 0 Å². The second kappa shape index (κ2) is 9.02. The molecule has 0 radical (unpaired) electrons. The highest BCUT2D eigenvalue weighted by molar-refractivity contribution is 5.34. The van der Waals surface area contributed by atoms with E-state index in [-0.39, 0.29) is 0 Å². The van der Waals surface area contributed by atoms with Crippen LogP contribution in [0.1, 0.15) is 44.2 Å². The molecule has 3 nitrogen and oxygen atoms in total. The Morgan fingerprint density at radius 1 is 1.00 bits per heavy atom. The second-order valence-electron chi connectivity index (χ2n) is 6.89. The van der Waals surface area contributed by atoms with E-state index in [9.17, 15) is 0 Å². The number of hydrogen-bond acceptors (Lipinski definition) is 3. The van der Waals surface area contributed by atoms with Gasteiger partial charge in [-0.25, -0.2) is 0 Å². The predicted molar refractivity (Wildman–Crippen MR) is 102 cm³/mol. The molecular weight excluding hydrogens is 310 g/mol. The van der Waals surface area contributed by atoms with Crippen LogP contribution in [0.15, 0.2) is 54.6 Å². The minimum Gasteiger partial charge on any atom is -0.457 e. The smallest absolute Gasteiger partial charge is 0.127 e. The molecular formula is C22H29NO2. The van der Waals surface area contributed by atoms with E-state index in [0.29, 0.717) is 12.1 Å². The van der Waals surface area contributed by atoms with Crippen molar-refractivity contribution in [1.29, 1.82) is 0 Å². The molecule has 2 aromatic rings. The highest BCUT2D eigenvalue weighted by Gasteiger charge is 2.32. The summed E-state index contributed by atoms with van der Waals surface area (Å²) in [6.07, 6.45) is 4.93. The molecule has 134 valence electrons. The molecule has 0 bridgehead atoms. The van der Waals surface area contributed by atoms with E-state index in [2.05, 4.69) is 36.5 Å². The van der Waals surface area contributed by atoms with Crippen molar-refractivity contribution in [2.24, 2.45) is 5.92 Å². The van der Waals surface area contributed by atoms with Gasteiger partial charge in [0.2, 0.25) is 0 Å². The van der Waals surface area contributed by atoms with Crippen LogP contribution in [-0.4, -0.2) is 19.8 Å². The number of ether oxygens (including phenoxy) is 2. The first-order valence-corrected chi connectivity index (χ1v) is 9.38. The quantitative estimate of drug-likeness (QED) is 0.634. The van der Waals surface area contributed by atoms with Gasteiger partial charge in [0, 0.05) is 19.2 Å². The number of para-hydroxylation sites is 1. The SMILES string of the molecule is CCCC(NC(COC)C1CC1)c1ccc(Oc2ccccc2)cc1. The first-order chi connectivity index (χ1) is 12.3. The Bertz CT molecular complexity index is 622. The number of nitrogens with one attached hydrogen (secondary N) is 1. The number of methoxy groups -OCH3 is 1. The Balaban J connectivity index is 1.66. The number of hydrogen-bond donors (Lipinski definition) is 1. The molecule has 0 heterocycles. The Hall–Kier alpha value is -1.84. The molecule has 3 rings (SSSR count). The van der Waals surface area contributed by atoms with E-state index in [1.807, 2.05) is 30.3 Å². The Morgan fingerprint density at radius 3 is 2.28 bits per heavy atom. The topological polar surface area (TPSA) is 30.5 Å². The molecule has 1 fully saturated rings. The Morgan fingerprint density at radius 2 is 1.68 bits per heavy atom. The highest BCUT2D eigenvalue weighted by atomic mass is 16.5. The normalized spacial score (nSPS) is 16.4. The molecule has 0 amide bonds. The number of benzene rings is 2. The van der Waals surface area contributed by atoms with Gasteiger partial charge in [-0.3, -0.25) is 0 Å². The molecule has 25 heavy (non-hydrogen) atoms. The van der Waals surface area contributed by atoms with Gasteiger partial charge >= 0.3 is 0 Å². The van der Waals surface area contributed by atoms with Crippen LogP contribution in [-0.2, 0) is 4.74 Å². The van der Waals surface area contributed by atoms with Crippen LogP contribution >= 0.6 is 0 Å². The molecule has 0 spiro atoms. The van der Waals surface area contributed by atoms with E-state index < -0.39 is 0 Å². The third-order valence-electron chi connectivity index (χ3n) is 4.79. The van der Waals surface area contributed by atoms with Crippen molar-refractivity contribution in [2.75, 3.05) is 13.7 Å².